The Hall–Kier alpha value is -2.14. The summed E-state index contributed by atoms with van der Waals surface area (Å²) in [6.45, 7) is 4.41. The number of halogens is 2. The Morgan fingerprint density at radius 1 is 1.24 bits per heavy atom. The Balaban J connectivity index is 0.00000306. The van der Waals surface area contributed by atoms with Crippen LogP contribution in [0.25, 0.3) is 0 Å². The monoisotopic (exact) mass is 568 g/mol. The molecule has 2 atom stereocenters. The van der Waals surface area contributed by atoms with Crippen LogP contribution < -0.4 is 20.3 Å². The lowest BCUT2D eigenvalue weighted by Gasteiger charge is -2.29. The predicted octanol–water partition coefficient (Wildman–Crippen LogP) is 3.43. The molecule has 0 bridgehead atoms. The molecule has 180 valence electrons. The van der Waals surface area contributed by atoms with Crippen molar-refractivity contribution in [1.29, 1.82) is 0 Å². The van der Waals surface area contributed by atoms with Gasteiger partial charge in [-0.3, -0.25) is 9.89 Å². The van der Waals surface area contributed by atoms with E-state index in [-0.39, 0.29) is 41.9 Å². The number of rotatable bonds is 7. The Bertz CT molecular complexity index is 923. The standard InChI is InChI=1S/C24H33FN6O.HI/c1-26-24(29-19-10-14-31(17-19)23-21(25)9-6-11-27-23)28-16-22(30-12-3-4-13-30)18-7-5-8-20(15-18)32-2;/h5-9,11,15,19,22H,3-4,10,12-14,16-17H2,1-2H3,(H2,26,28,29);1H. The first-order chi connectivity index (χ1) is 15.7. The minimum atomic E-state index is -0.276. The van der Waals surface area contributed by atoms with Crippen LogP contribution in [0.1, 0.15) is 30.9 Å². The normalized spacial score (nSPS) is 19.8. The van der Waals surface area contributed by atoms with Crippen LogP contribution in [0.3, 0.4) is 0 Å². The Kier molecular flexibility index (Phi) is 9.54. The number of nitrogens with zero attached hydrogens (tertiary/aromatic N) is 4. The Morgan fingerprint density at radius 3 is 2.79 bits per heavy atom. The minimum absolute atomic E-state index is 0. The fourth-order valence-corrected chi connectivity index (χ4v) is 4.62. The maximum absolute atomic E-state index is 14.1. The van der Waals surface area contributed by atoms with Crippen molar-refractivity contribution in [3.63, 3.8) is 0 Å². The van der Waals surface area contributed by atoms with Crippen LogP contribution in [0.5, 0.6) is 5.75 Å². The van der Waals surface area contributed by atoms with E-state index in [1.807, 2.05) is 17.0 Å². The van der Waals surface area contributed by atoms with Gasteiger partial charge in [-0.25, -0.2) is 9.37 Å². The van der Waals surface area contributed by atoms with Gasteiger partial charge in [-0.15, -0.1) is 24.0 Å². The maximum atomic E-state index is 14.1. The highest BCUT2D eigenvalue weighted by Gasteiger charge is 2.27. The Labute approximate surface area is 212 Å². The number of methoxy groups -OCH3 is 1. The molecule has 7 nitrogen and oxygen atoms in total. The van der Waals surface area contributed by atoms with E-state index in [0.29, 0.717) is 12.4 Å². The molecule has 2 aliphatic heterocycles. The third-order valence-electron chi connectivity index (χ3n) is 6.31. The molecule has 2 aromatic rings. The zero-order chi connectivity index (χ0) is 22.3. The van der Waals surface area contributed by atoms with Crippen molar-refractivity contribution in [2.75, 3.05) is 51.8 Å². The second kappa shape index (κ2) is 12.4. The largest absolute Gasteiger partial charge is 0.497 e. The molecular weight excluding hydrogens is 534 g/mol. The molecule has 2 aliphatic rings. The predicted molar refractivity (Wildman–Crippen MR) is 141 cm³/mol. The average Bonchev–Trinajstić information content (AvgIpc) is 3.51. The quantitative estimate of drug-likeness (QED) is 0.303. The number of guanidine groups is 1. The van der Waals surface area contributed by atoms with Gasteiger partial charge in [0.2, 0.25) is 0 Å². The van der Waals surface area contributed by atoms with E-state index in [9.17, 15) is 4.39 Å². The van der Waals surface area contributed by atoms with E-state index in [1.165, 1.54) is 24.5 Å². The first-order valence-corrected chi connectivity index (χ1v) is 11.4. The van der Waals surface area contributed by atoms with Crippen molar-refractivity contribution >= 4 is 35.8 Å². The zero-order valence-corrected chi connectivity index (χ0v) is 21.7. The van der Waals surface area contributed by atoms with Crippen LogP contribution in [0, 0.1) is 5.82 Å². The summed E-state index contributed by atoms with van der Waals surface area (Å²) >= 11 is 0. The van der Waals surface area contributed by atoms with E-state index in [0.717, 1.165) is 44.3 Å². The van der Waals surface area contributed by atoms with Gasteiger partial charge in [0.05, 0.1) is 13.2 Å². The van der Waals surface area contributed by atoms with Crippen LogP contribution in [0.4, 0.5) is 10.2 Å². The van der Waals surface area contributed by atoms with E-state index in [2.05, 4.69) is 37.6 Å². The summed E-state index contributed by atoms with van der Waals surface area (Å²) in [5.74, 6) is 1.79. The summed E-state index contributed by atoms with van der Waals surface area (Å²) < 4.78 is 19.5. The second-order valence-electron chi connectivity index (χ2n) is 8.37. The number of benzene rings is 1. The molecule has 0 amide bonds. The molecule has 0 aliphatic carbocycles. The van der Waals surface area contributed by atoms with Gasteiger partial charge < -0.3 is 20.3 Å². The van der Waals surface area contributed by atoms with Gasteiger partial charge in [-0.1, -0.05) is 12.1 Å². The van der Waals surface area contributed by atoms with Crippen LogP contribution >= 0.6 is 24.0 Å². The van der Waals surface area contributed by atoms with E-state index < -0.39 is 0 Å². The molecule has 0 saturated carbocycles. The summed E-state index contributed by atoms with van der Waals surface area (Å²) in [6, 6.07) is 11.8. The third-order valence-corrected chi connectivity index (χ3v) is 6.31. The Morgan fingerprint density at radius 2 is 2.06 bits per heavy atom. The van der Waals surface area contributed by atoms with Gasteiger partial charge in [0.25, 0.3) is 0 Å². The zero-order valence-electron chi connectivity index (χ0n) is 19.3. The van der Waals surface area contributed by atoms with Crippen molar-refractivity contribution in [3.8, 4) is 5.75 Å². The lowest BCUT2D eigenvalue weighted by atomic mass is 10.1. The molecule has 1 aromatic carbocycles. The van der Waals surface area contributed by atoms with Crippen LogP contribution in [0.2, 0.25) is 0 Å². The number of anilines is 1. The van der Waals surface area contributed by atoms with Crippen molar-refractivity contribution in [2.24, 2.45) is 4.99 Å². The van der Waals surface area contributed by atoms with Gasteiger partial charge in [0.1, 0.15) is 5.75 Å². The molecule has 1 aromatic heterocycles. The fourth-order valence-electron chi connectivity index (χ4n) is 4.62. The van der Waals surface area contributed by atoms with Crippen molar-refractivity contribution in [3.05, 3.63) is 54.0 Å². The minimum Gasteiger partial charge on any atom is -0.497 e. The highest BCUT2D eigenvalue weighted by atomic mass is 127. The van der Waals surface area contributed by atoms with Gasteiger partial charge in [-0.05, 0) is 62.2 Å². The number of nitrogens with one attached hydrogen (secondary N) is 2. The van der Waals surface area contributed by atoms with E-state index >= 15 is 0 Å². The fraction of sp³-hybridized carbons (Fsp3) is 0.500. The van der Waals surface area contributed by atoms with Crippen LogP contribution in [-0.4, -0.2) is 68.8 Å². The topological polar surface area (TPSA) is 65.0 Å². The molecule has 33 heavy (non-hydrogen) atoms. The number of likely N-dealkylation sites (tertiary alicyclic amines) is 1. The van der Waals surface area contributed by atoms with Crippen molar-refractivity contribution in [2.45, 2.75) is 31.3 Å². The molecule has 0 spiro atoms. The molecular formula is C24H34FIN6O. The van der Waals surface area contributed by atoms with Gasteiger partial charge >= 0.3 is 0 Å². The molecule has 0 radical (unpaired) electrons. The number of aromatic nitrogens is 1. The van der Waals surface area contributed by atoms with Gasteiger partial charge in [-0.2, -0.15) is 0 Å². The van der Waals surface area contributed by atoms with Crippen molar-refractivity contribution in [1.82, 2.24) is 20.5 Å². The lowest BCUT2D eigenvalue weighted by molar-refractivity contribution is 0.244. The number of aliphatic imine (C=N–C) groups is 1. The van der Waals surface area contributed by atoms with Crippen molar-refractivity contribution < 1.29 is 9.13 Å². The number of hydrogen-bond donors (Lipinski definition) is 2. The van der Waals surface area contributed by atoms with E-state index in [4.69, 9.17) is 4.74 Å². The first-order valence-electron chi connectivity index (χ1n) is 11.4. The molecule has 2 fully saturated rings. The van der Waals surface area contributed by atoms with E-state index in [1.54, 1.807) is 26.4 Å². The summed E-state index contributed by atoms with van der Waals surface area (Å²) in [5.41, 5.74) is 1.24. The highest BCUT2D eigenvalue weighted by molar-refractivity contribution is 14.0. The summed E-state index contributed by atoms with van der Waals surface area (Å²) in [4.78, 5) is 13.2. The molecule has 2 unspecified atom stereocenters. The molecule has 4 rings (SSSR count). The highest BCUT2D eigenvalue weighted by Crippen LogP contribution is 2.27. The summed E-state index contributed by atoms with van der Waals surface area (Å²) in [6.07, 6.45) is 5.00. The maximum Gasteiger partial charge on any atom is 0.191 e. The first kappa shape index (κ1) is 25.5. The van der Waals surface area contributed by atoms with Crippen LogP contribution in [0.15, 0.2) is 47.6 Å². The number of pyridine rings is 1. The van der Waals surface area contributed by atoms with Gasteiger partial charge in [0, 0.05) is 38.9 Å². The summed E-state index contributed by atoms with van der Waals surface area (Å²) in [5, 5.41) is 7.03. The molecule has 9 heteroatoms. The lowest BCUT2D eigenvalue weighted by Crippen LogP contribution is -2.47. The SMILES string of the molecule is CN=C(NCC(c1cccc(OC)c1)N1CCCC1)NC1CCN(c2ncccc2F)C1.I. The number of ether oxygens (including phenoxy) is 1. The molecule has 2 N–H and O–H groups in total. The molecule has 3 heterocycles. The number of hydrogen-bond acceptors (Lipinski definition) is 5. The smallest absolute Gasteiger partial charge is 0.191 e. The summed E-state index contributed by atoms with van der Waals surface area (Å²) in [7, 11) is 3.49. The second-order valence-corrected chi connectivity index (χ2v) is 8.37. The average molecular weight is 568 g/mol. The third kappa shape index (κ3) is 6.47. The van der Waals surface area contributed by atoms with Crippen LogP contribution in [-0.2, 0) is 0 Å². The van der Waals surface area contributed by atoms with Gasteiger partial charge in [0.15, 0.2) is 17.6 Å². The molecule has 2 saturated heterocycles.